The highest BCUT2D eigenvalue weighted by Gasteiger charge is 2.32. The molecule has 5 heteroatoms. The summed E-state index contributed by atoms with van der Waals surface area (Å²) in [6, 6.07) is 1.08. The third-order valence-corrected chi connectivity index (χ3v) is 5.88. The first-order valence-corrected chi connectivity index (χ1v) is 8.61. The fourth-order valence-electron chi connectivity index (χ4n) is 3.22. The van der Waals surface area contributed by atoms with Gasteiger partial charge in [0, 0.05) is 12.1 Å². The summed E-state index contributed by atoms with van der Waals surface area (Å²) in [5.41, 5.74) is 5.67. The number of hydrogen-bond acceptors (Lipinski definition) is 4. The Bertz CT molecular complexity index is 326. The van der Waals surface area contributed by atoms with Gasteiger partial charge in [-0.2, -0.15) is 0 Å². The van der Waals surface area contributed by atoms with Crippen LogP contribution in [0.5, 0.6) is 0 Å². The molecular formula is C12H24N2O2S. The van der Waals surface area contributed by atoms with Crippen LogP contribution in [0.1, 0.15) is 38.5 Å². The van der Waals surface area contributed by atoms with Crippen molar-refractivity contribution in [1.82, 2.24) is 4.90 Å². The lowest BCUT2D eigenvalue weighted by atomic mass is 9.95. The van der Waals surface area contributed by atoms with Crippen LogP contribution in [-0.4, -0.2) is 50.0 Å². The molecule has 2 heterocycles. The van der Waals surface area contributed by atoms with Crippen LogP contribution in [-0.2, 0) is 9.84 Å². The van der Waals surface area contributed by atoms with Gasteiger partial charge in [-0.3, -0.25) is 4.90 Å². The van der Waals surface area contributed by atoms with Gasteiger partial charge in [0.15, 0.2) is 0 Å². The van der Waals surface area contributed by atoms with Gasteiger partial charge in [0.1, 0.15) is 9.84 Å². The topological polar surface area (TPSA) is 63.4 Å². The van der Waals surface area contributed by atoms with E-state index in [2.05, 4.69) is 4.90 Å². The highest BCUT2D eigenvalue weighted by molar-refractivity contribution is 7.91. The molecule has 100 valence electrons. The fourth-order valence-corrected chi connectivity index (χ4v) is 4.68. The molecule has 2 fully saturated rings. The summed E-state index contributed by atoms with van der Waals surface area (Å²) in [6.07, 6.45) is 6.49. The number of likely N-dealkylation sites (tertiary alicyclic amines) is 1. The number of nitrogens with two attached hydrogens (primary N) is 1. The van der Waals surface area contributed by atoms with Gasteiger partial charge in [-0.25, -0.2) is 8.42 Å². The maximum Gasteiger partial charge on any atom is 0.150 e. The number of hydrogen-bond donors (Lipinski definition) is 1. The predicted molar refractivity (Wildman–Crippen MR) is 69.7 cm³/mol. The smallest absolute Gasteiger partial charge is 0.150 e. The molecule has 1 unspecified atom stereocenters. The Morgan fingerprint density at radius 3 is 2.47 bits per heavy atom. The third kappa shape index (κ3) is 3.42. The van der Waals surface area contributed by atoms with E-state index in [0.717, 1.165) is 32.4 Å². The zero-order valence-electron chi connectivity index (χ0n) is 10.5. The Morgan fingerprint density at radius 1 is 1.12 bits per heavy atom. The molecule has 0 bridgehead atoms. The Balaban J connectivity index is 1.95. The van der Waals surface area contributed by atoms with Crippen LogP contribution < -0.4 is 5.73 Å². The minimum atomic E-state index is -2.74. The first-order valence-electron chi connectivity index (χ1n) is 6.78. The Hall–Kier alpha value is -0.130. The van der Waals surface area contributed by atoms with Gasteiger partial charge >= 0.3 is 0 Å². The molecule has 2 N–H and O–H groups in total. The second-order valence-electron chi connectivity index (χ2n) is 5.35. The minimum Gasteiger partial charge on any atom is -0.330 e. The summed E-state index contributed by atoms with van der Waals surface area (Å²) in [7, 11) is -2.74. The van der Waals surface area contributed by atoms with E-state index in [1.165, 1.54) is 19.3 Å². The fraction of sp³-hybridized carbons (Fsp3) is 1.00. The summed E-state index contributed by atoms with van der Waals surface area (Å²) in [4.78, 5) is 2.55. The van der Waals surface area contributed by atoms with Crippen molar-refractivity contribution < 1.29 is 8.42 Å². The molecule has 2 saturated heterocycles. The maximum absolute atomic E-state index is 11.4. The molecule has 0 aliphatic carbocycles. The highest BCUT2D eigenvalue weighted by atomic mass is 32.2. The van der Waals surface area contributed by atoms with Gasteiger partial charge in [-0.1, -0.05) is 6.42 Å². The molecule has 0 amide bonds. The van der Waals surface area contributed by atoms with Crippen molar-refractivity contribution in [2.75, 3.05) is 24.6 Å². The maximum atomic E-state index is 11.4. The van der Waals surface area contributed by atoms with E-state index in [0.29, 0.717) is 23.6 Å². The quantitative estimate of drug-likeness (QED) is 0.814. The monoisotopic (exact) mass is 260 g/mol. The molecular weight excluding hydrogens is 236 g/mol. The molecule has 17 heavy (non-hydrogen) atoms. The Kier molecular flexibility index (Phi) is 4.44. The molecule has 2 aliphatic heterocycles. The van der Waals surface area contributed by atoms with E-state index >= 15 is 0 Å². The molecule has 0 spiro atoms. The van der Waals surface area contributed by atoms with Crippen LogP contribution in [0, 0.1) is 0 Å². The lowest BCUT2D eigenvalue weighted by molar-refractivity contribution is 0.0841. The lowest BCUT2D eigenvalue weighted by Gasteiger charge is -2.42. The zero-order chi connectivity index (χ0) is 12.3. The van der Waals surface area contributed by atoms with Crippen molar-refractivity contribution in [2.45, 2.75) is 50.6 Å². The molecule has 0 saturated carbocycles. The second-order valence-corrected chi connectivity index (χ2v) is 7.65. The van der Waals surface area contributed by atoms with Crippen molar-refractivity contribution in [1.29, 1.82) is 0 Å². The summed E-state index contributed by atoms with van der Waals surface area (Å²) in [6.45, 7) is 1.88. The van der Waals surface area contributed by atoms with E-state index in [1.807, 2.05) is 0 Å². The summed E-state index contributed by atoms with van der Waals surface area (Å²) < 4.78 is 22.9. The van der Waals surface area contributed by atoms with Crippen molar-refractivity contribution in [3.63, 3.8) is 0 Å². The molecule has 4 nitrogen and oxygen atoms in total. The van der Waals surface area contributed by atoms with Gasteiger partial charge in [0.2, 0.25) is 0 Å². The summed E-state index contributed by atoms with van der Waals surface area (Å²) in [5.74, 6) is 0.757. The summed E-state index contributed by atoms with van der Waals surface area (Å²) in [5, 5.41) is 0. The van der Waals surface area contributed by atoms with Gasteiger partial charge < -0.3 is 5.73 Å². The first kappa shape index (κ1) is 13.3. The van der Waals surface area contributed by atoms with Crippen LogP contribution in [0.15, 0.2) is 0 Å². The normalized spacial score (nSPS) is 31.5. The van der Waals surface area contributed by atoms with Crippen LogP contribution >= 0.6 is 0 Å². The average Bonchev–Trinajstić information content (AvgIpc) is 2.31. The second kappa shape index (κ2) is 5.67. The summed E-state index contributed by atoms with van der Waals surface area (Å²) >= 11 is 0. The molecule has 0 aromatic rings. The lowest BCUT2D eigenvalue weighted by Crippen LogP contribution is -2.49. The Morgan fingerprint density at radius 2 is 1.82 bits per heavy atom. The van der Waals surface area contributed by atoms with E-state index < -0.39 is 9.84 Å². The van der Waals surface area contributed by atoms with Crippen molar-refractivity contribution in [2.24, 2.45) is 5.73 Å². The zero-order valence-corrected chi connectivity index (χ0v) is 11.3. The number of nitrogens with zero attached hydrogens (tertiary/aromatic N) is 1. The highest BCUT2D eigenvalue weighted by Crippen LogP contribution is 2.27. The standard InChI is InChI=1S/C12H24N2O2S/c13-7-4-11-3-1-2-8-14(11)12-5-9-17(15,16)10-6-12/h11-12H,1-10,13H2. The number of piperidine rings is 1. The molecule has 2 rings (SSSR count). The van der Waals surface area contributed by atoms with E-state index in [1.54, 1.807) is 0 Å². The van der Waals surface area contributed by atoms with E-state index in [4.69, 9.17) is 5.73 Å². The first-order chi connectivity index (χ1) is 8.12. The van der Waals surface area contributed by atoms with Gasteiger partial charge in [-0.15, -0.1) is 0 Å². The van der Waals surface area contributed by atoms with Gasteiger partial charge in [0.25, 0.3) is 0 Å². The SMILES string of the molecule is NCCC1CCCCN1C1CCS(=O)(=O)CC1. The minimum absolute atomic E-state index is 0.378. The predicted octanol–water partition coefficient (Wildman–Crippen LogP) is 0.767. The van der Waals surface area contributed by atoms with E-state index in [9.17, 15) is 8.42 Å². The van der Waals surface area contributed by atoms with Crippen molar-refractivity contribution in [3.05, 3.63) is 0 Å². The third-order valence-electron chi connectivity index (χ3n) is 4.17. The van der Waals surface area contributed by atoms with Crippen molar-refractivity contribution in [3.8, 4) is 0 Å². The number of rotatable bonds is 3. The van der Waals surface area contributed by atoms with Gasteiger partial charge in [-0.05, 0) is 45.2 Å². The molecule has 1 atom stereocenters. The van der Waals surface area contributed by atoms with Crippen LogP contribution in [0.4, 0.5) is 0 Å². The van der Waals surface area contributed by atoms with Crippen LogP contribution in [0.2, 0.25) is 0 Å². The van der Waals surface area contributed by atoms with Crippen molar-refractivity contribution >= 4 is 9.84 Å². The largest absolute Gasteiger partial charge is 0.330 e. The average molecular weight is 260 g/mol. The van der Waals surface area contributed by atoms with Gasteiger partial charge in [0.05, 0.1) is 11.5 Å². The molecule has 0 aromatic carbocycles. The van der Waals surface area contributed by atoms with Crippen LogP contribution in [0.3, 0.4) is 0 Å². The molecule has 0 radical (unpaired) electrons. The molecule has 0 aromatic heterocycles. The Labute approximate surface area is 104 Å². The van der Waals surface area contributed by atoms with E-state index in [-0.39, 0.29) is 0 Å². The molecule has 2 aliphatic rings. The number of sulfone groups is 1. The van der Waals surface area contributed by atoms with Crippen LogP contribution in [0.25, 0.3) is 0 Å².